The van der Waals surface area contributed by atoms with Crippen molar-refractivity contribution in [1.82, 2.24) is 4.31 Å². The minimum atomic E-state index is -3.57. The van der Waals surface area contributed by atoms with Crippen molar-refractivity contribution in [1.29, 1.82) is 0 Å². The first-order chi connectivity index (χ1) is 12.3. The number of allylic oxidation sites excluding steroid dienone is 1. The van der Waals surface area contributed by atoms with E-state index in [1.165, 1.54) is 10.4 Å². The molecule has 1 N–H and O–H groups in total. The van der Waals surface area contributed by atoms with Crippen molar-refractivity contribution in [3.8, 4) is 5.75 Å². The van der Waals surface area contributed by atoms with Crippen LogP contribution in [0.4, 0.5) is 5.69 Å². The first-order valence-corrected chi connectivity index (χ1v) is 10.5. The Bertz CT molecular complexity index is 738. The number of amides is 1. The standard InChI is InChI=1S/C19H28N2O4S/c1-4-5-9-19(22)20-17-14-16(10-11-18(17)25-15(2)3)26(23,24)21-12-7-6-8-13-21/h4,10-11,14-15H,1,5-9,12-13H2,2-3H3,(H,20,22). The molecule has 1 aliphatic heterocycles. The van der Waals surface area contributed by atoms with E-state index in [4.69, 9.17) is 4.74 Å². The Labute approximate surface area is 156 Å². The predicted octanol–water partition coefficient (Wildman–Crippen LogP) is 3.55. The van der Waals surface area contributed by atoms with Gasteiger partial charge in [0.05, 0.1) is 16.7 Å². The summed E-state index contributed by atoms with van der Waals surface area (Å²) < 4.78 is 33.0. The summed E-state index contributed by atoms with van der Waals surface area (Å²) in [5, 5.41) is 2.77. The molecule has 0 aliphatic carbocycles. The van der Waals surface area contributed by atoms with Gasteiger partial charge in [0.1, 0.15) is 5.75 Å². The summed E-state index contributed by atoms with van der Waals surface area (Å²) in [6.07, 6.45) is 5.22. The summed E-state index contributed by atoms with van der Waals surface area (Å²) in [5.41, 5.74) is 0.380. The second-order valence-corrected chi connectivity index (χ2v) is 8.60. The lowest BCUT2D eigenvalue weighted by molar-refractivity contribution is -0.116. The van der Waals surface area contributed by atoms with Crippen LogP contribution in [-0.4, -0.2) is 37.8 Å². The number of carbonyl (C=O) groups is 1. The largest absolute Gasteiger partial charge is 0.489 e. The van der Waals surface area contributed by atoms with E-state index in [9.17, 15) is 13.2 Å². The lowest BCUT2D eigenvalue weighted by Crippen LogP contribution is -2.35. The fourth-order valence-electron chi connectivity index (χ4n) is 2.82. The third-order valence-electron chi connectivity index (χ3n) is 4.12. The van der Waals surface area contributed by atoms with Gasteiger partial charge in [0.2, 0.25) is 15.9 Å². The van der Waals surface area contributed by atoms with E-state index < -0.39 is 10.0 Å². The molecule has 7 heteroatoms. The lowest BCUT2D eigenvalue weighted by Gasteiger charge is -2.26. The van der Waals surface area contributed by atoms with Gasteiger partial charge in [-0.05, 0) is 51.3 Å². The Hall–Kier alpha value is -1.86. The van der Waals surface area contributed by atoms with E-state index >= 15 is 0 Å². The highest BCUT2D eigenvalue weighted by Gasteiger charge is 2.27. The molecule has 0 atom stereocenters. The van der Waals surface area contributed by atoms with Crippen molar-refractivity contribution in [2.24, 2.45) is 0 Å². The van der Waals surface area contributed by atoms with Crippen LogP contribution in [0.2, 0.25) is 0 Å². The van der Waals surface area contributed by atoms with Gasteiger partial charge in [-0.25, -0.2) is 8.42 Å². The summed E-state index contributed by atoms with van der Waals surface area (Å²) >= 11 is 0. The monoisotopic (exact) mass is 380 g/mol. The Morgan fingerprint density at radius 1 is 1.31 bits per heavy atom. The number of hydrogen-bond donors (Lipinski definition) is 1. The Morgan fingerprint density at radius 3 is 2.62 bits per heavy atom. The molecule has 1 aliphatic rings. The van der Waals surface area contributed by atoms with E-state index in [2.05, 4.69) is 11.9 Å². The molecule has 0 radical (unpaired) electrons. The van der Waals surface area contributed by atoms with Crippen LogP contribution < -0.4 is 10.1 Å². The van der Waals surface area contributed by atoms with Crippen molar-refractivity contribution in [2.75, 3.05) is 18.4 Å². The van der Waals surface area contributed by atoms with Crippen molar-refractivity contribution >= 4 is 21.6 Å². The van der Waals surface area contributed by atoms with Crippen molar-refractivity contribution in [2.45, 2.75) is 57.0 Å². The summed E-state index contributed by atoms with van der Waals surface area (Å²) in [6.45, 7) is 8.43. The summed E-state index contributed by atoms with van der Waals surface area (Å²) in [5.74, 6) is 0.260. The summed E-state index contributed by atoms with van der Waals surface area (Å²) in [6, 6.07) is 4.65. The van der Waals surface area contributed by atoms with Crippen LogP contribution in [-0.2, 0) is 14.8 Å². The van der Waals surface area contributed by atoms with E-state index in [1.807, 2.05) is 13.8 Å². The third kappa shape index (κ3) is 5.32. The molecular weight excluding hydrogens is 352 g/mol. The fraction of sp³-hybridized carbons (Fsp3) is 0.526. The molecule has 1 aromatic carbocycles. The molecule has 2 rings (SSSR count). The number of rotatable bonds is 8. The molecule has 6 nitrogen and oxygen atoms in total. The average Bonchev–Trinajstić information content (AvgIpc) is 2.61. The predicted molar refractivity (Wildman–Crippen MR) is 103 cm³/mol. The highest BCUT2D eigenvalue weighted by molar-refractivity contribution is 7.89. The maximum Gasteiger partial charge on any atom is 0.243 e. The minimum absolute atomic E-state index is 0.0941. The van der Waals surface area contributed by atoms with Crippen LogP contribution in [0.1, 0.15) is 46.0 Å². The van der Waals surface area contributed by atoms with Crippen LogP contribution in [0.25, 0.3) is 0 Å². The molecule has 1 fully saturated rings. The van der Waals surface area contributed by atoms with Gasteiger partial charge in [-0.3, -0.25) is 4.79 Å². The second-order valence-electron chi connectivity index (χ2n) is 6.66. The molecule has 26 heavy (non-hydrogen) atoms. The van der Waals surface area contributed by atoms with Gasteiger partial charge in [-0.1, -0.05) is 12.5 Å². The highest BCUT2D eigenvalue weighted by Crippen LogP contribution is 2.31. The molecule has 0 aromatic heterocycles. The van der Waals surface area contributed by atoms with Gasteiger partial charge in [-0.15, -0.1) is 6.58 Å². The number of ether oxygens (including phenoxy) is 1. The molecule has 0 bridgehead atoms. The van der Waals surface area contributed by atoms with E-state index in [0.29, 0.717) is 30.9 Å². The van der Waals surface area contributed by atoms with E-state index in [1.54, 1.807) is 18.2 Å². The molecule has 0 saturated carbocycles. The van der Waals surface area contributed by atoms with Gasteiger partial charge in [-0.2, -0.15) is 4.31 Å². The highest BCUT2D eigenvalue weighted by atomic mass is 32.2. The number of nitrogens with one attached hydrogen (secondary N) is 1. The quantitative estimate of drug-likeness (QED) is 0.700. The number of anilines is 1. The normalized spacial score (nSPS) is 15.7. The number of sulfonamides is 1. The molecule has 144 valence electrons. The second kappa shape index (κ2) is 9.19. The number of hydrogen-bond acceptors (Lipinski definition) is 4. The van der Waals surface area contributed by atoms with Crippen molar-refractivity contribution in [3.05, 3.63) is 30.9 Å². The Balaban J connectivity index is 2.31. The number of nitrogens with zero attached hydrogens (tertiary/aromatic N) is 1. The van der Waals surface area contributed by atoms with Gasteiger partial charge < -0.3 is 10.1 Å². The van der Waals surface area contributed by atoms with Crippen LogP contribution in [0.15, 0.2) is 35.7 Å². The summed E-state index contributed by atoms with van der Waals surface area (Å²) in [7, 11) is -3.57. The van der Waals surface area contributed by atoms with Gasteiger partial charge in [0, 0.05) is 19.5 Å². The number of benzene rings is 1. The fourth-order valence-corrected chi connectivity index (χ4v) is 4.37. The molecular formula is C19H28N2O4S. The zero-order chi connectivity index (χ0) is 19.2. The van der Waals surface area contributed by atoms with Crippen LogP contribution in [0.5, 0.6) is 5.75 Å². The Morgan fingerprint density at radius 2 is 2.00 bits per heavy atom. The molecule has 1 saturated heterocycles. The van der Waals surface area contributed by atoms with Gasteiger partial charge in [0.15, 0.2) is 0 Å². The summed E-state index contributed by atoms with van der Waals surface area (Å²) in [4.78, 5) is 12.3. The molecule has 1 heterocycles. The molecule has 0 spiro atoms. The van der Waals surface area contributed by atoms with Gasteiger partial charge >= 0.3 is 0 Å². The SMILES string of the molecule is C=CCCC(=O)Nc1cc(S(=O)(=O)N2CCCCC2)ccc1OC(C)C. The first kappa shape index (κ1) is 20.5. The Kier molecular flexibility index (Phi) is 7.23. The maximum absolute atomic E-state index is 12.9. The van der Waals surface area contributed by atoms with E-state index in [-0.39, 0.29) is 23.3 Å². The molecule has 1 amide bonds. The zero-order valence-electron chi connectivity index (χ0n) is 15.5. The maximum atomic E-state index is 12.9. The third-order valence-corrected chi connectivity index (χ3v) is 6.01. The van der Waals surface area contributed by atoms with Gasteiger partial charge in [0.25, 0.3) is 0 Å². The lowest BCUT2D eigenvalue weighted by atomic mass is 10.2. The minimum Gasteiger partial charge on any atom is -0.489 e. The average molecular weight is 381 g/mol. The van der Waals surface area contributed by atoms with Crippen molar-refractivity contribution < 1.29 is 17.9 Å². The van der Waals surface area contributed by atoms with Crippen LogP contribution in [0.3, 0.4) is 0 Å². The topological polar surface area (TPSA) is 75.7 Å². The number of carbonyl (C=O) groups excluding carboxylic acids is 1. The number of piperidine rings is 1. The van der Waals surface area contributed by atoms with Crippen molar-refractivity contribution in [3.63, 3.8) is 0 Å². The van der Waals surface area contributed by atoms with Crippen LogP contribution >= 0.6 is 0 Å². The zero-order valence-corrected chi connectivity index (χ0v) is 16.3. The first-order valence-electron chi connectivity index (χ1n) is 9.06. The molecule has 1 aromatic rings. The van der Waals surface area contributed by atoms with E-state index in [0.717, 1.165) is 19.3 Å². The smallest absolute Gasteiger partial charge is 0.243 e. The molecule has 0 unspecified atom stereocenters. The van der Waals surface area contributed by atoms with Crippen LogP contribution in [0, 0.1) is 0 Å².